The molecule has 1 heterocycles. The predicted octanol–water partition coefficient (Wildman–Crippen LogP) is 2.87. The standard InChI is InChI=1S/C7HClF3IN2O4/c8-5(15)2-1-3(14(16)17)4(6(12)13-2)18-7(9,10)11/h1H. The largest absolute Gasteiger partial charge is 0.573 e. The van der Waals surface area contributed by atoms with Crippen LogP contribution in [0.4, 0.5) is 18.9 Å². The molecule has 0 saturated carbocycles. The van der Waals surface area contributed by atoms with E-state index in [1.165, 1.54) is 22.6 Å². The Balaban J connectivity index is 3.41. The molecular weight excluding hydrogens is 395 g/mol. The first kappa shape index (κ1) is 14.9. The van der Waals surface area contributed by atoms with E-state index in [1.54, 1.807) is 0 Å². The lowest BCUT2D eigenvalue weighted by Gasteiger charge is -2.10. The number of carbonyl (C=O) groups is 1. The maximum atomic E-state index is 12.1. The molecule has 0 spiro atoms. The second-order valence-electron chi connectivity index (χ2n) is 2.73. The van der Waals surface area contributed by atoms with Crippen molar-refractivity contribution >= 4 is 45.1 Å². The number of alkyl halides is 3. The Bertz CT molecular complexity index is 522. The van der Waals surface area contributed by atoms with Crippen molar-refractivity contribution in [2.75, 3.05) is 0 Å². The predicted molar refractivity (Wildman–Crippen MR) is 60.5 cm³/mol. The van der Waals surface area contributed by atoms with E-state index in [0.717, 1.165) is 0 Å². The van der Waals surface area contributed by atoms with E-state index in [9.17, 15) is 28.1 Å². The van der Waals surface area contributed by atoms with Crippen molar-refractivity contribution in [3.63, 3.8) is 0 Å². The Morgan fingerprint density at radius 2 is 2.11 bits per heavy atom. The van der Waals surface area contributed by atoms with E-state index in [-0.39, 0.29) is 0 Å². The number of carbonyl (C=O) groups excluding carboxylic acids is 1. The number of ether oxygens (including phenoxy) is 1. The first-order chi connectivity index (χ1) is 8.11. The first-order valence-corrected chi connectivity index (χ1v) is 5.38. The van der Waals surface area contributed by atoms with E-state index in [2.05, 4.69) is 9.72 Å². The molecule has 0 saturated heterocycles. The Labute approximate surface area is 115 Å². The average molecular weight is 396 g/mol. The van der Waals surface area contributed by atoms with Crippen molar-refractivity contribution in [3.8, 4) is 5.75 Å². The van der Waals surface area contributed by atoms with Gasteiger partial charge in [0.15, 0.2) is 3.70 Å². The highest BCUT2D eigenvalue weighted by Gasteiger charge is 2.36. The highest BCUT2D eigenvalue weighted by atomic mass is 127. The number of hydrogen-bond donors (Lipinski definition) is 0. The van der Waals surface area contributed by atoms with Crippen molar-refractivity contribution in [1.82, 2.24) is 4.98 Å². The van der Waals surface area contributed by atoms with Gasteiger partial charge in [0.05, 0.1) is 11.0 Å². The molecule has 11 heteroatoms. The molecule has 0 atom stereocenters. The highest BCUT2D eigenvalue weighted by molar-refractivity contribution is 14.1. The topological polar surface area (TPSA) is 82.3 Å². The molecule has 6 nitrogen and oxygen atoms in total. The van der Waals surface area contributed by atoms with Gasteiger partial charge in [-0.1, -0.05) is 0 Å². The average Bonchev–Trinajstić information content (AvgIpc) is 2.18. The first-order valence-electron chi connectivity index (χ1n) is 3.92. The van der Waals surface area contributed by atoms with Crippen LogP contribution in [-0.2, 0) is 0 Å². The normalized spacial score (nSPS) is 11.2. The molecule has 1 aromatic heterocycles. The summed E-state index contributed by atoms with van der Waals surface area (Å²) in [5, 5.41) is 9.48. The third kappa shape index (κ3) is 3.66. The van der Waals surface area contributed by atoms with Crippen molar-refractivity contribution < 1.29 is 27.6 Å². The van der Waals surface area contributed by atoms with Crippen LogP contribution < -0.4 is 4.74 Å². The number of aromatic nitrogens is 1. The summed E-state index contributed by atoms with van der Waals surface area (Å²) in [5.74, 6) is -1.09. The van der Waals surface area contributed by atoms with Crippen LogP contribution in [0, 0.1) is 13.8 Å². The van der Waals surface area contributed by atoms with Gasteiger partial charge < -0.3 is 4.74 Å². The zero-order valence-corrected chi connectivity index (χ0v) is 10.9. The van der Waals surface area contributed by atoms with Crippen LogP contribution in [0.2, 0.25) is 0 Å². The van der Waals surface area contributed by atoms with Crippen LogP contribution in [0.15, 0.2) is 6.07 Å². The maximum Gasteiger partial charge on any atom is 0.573 e. The monoisotopic (exact) mass is 396 g/mol. The smallest absolute Gasteiger partial charge is 0.396 e. The maximum absolute atomic E-state index is 12.1. The molecule has 0 bridgehead atoms. The zero-order valence-electron chi connectivity index (χ0n) is 7.99. The molecule has 0 radical (unpaired) electrons. The molecule has 0 N–H and O–H groups in total. The number of nitro groups is 1. The summed E-state index contributed by atoms with van der Waals surface area (Å²) >= 11 is 6.31. The van der Waals surface area contributed by atoms with Crippen LogP contribution in [0.25, 0.3) is 0 Å². The number of nitrogens with zero attached hydrogens (tertiary/aromatic N) is 2. The summed E-state index contributed by atoms with van der Waals surface area (Å²) in [5.41, 5.74) is -1.59. The molecule has 0 fully saturated rings. The van der Waals surface area contributed by atoms with Crippen molar-refractivity contribution in [3.05, 3.63) is 25.6 Å². The number of pyridine rings is 1. The molecule has 18 heavy (non-hydrogen) atoms. The van der Waals surface area contributed by atoms with Crippen LogP contribution in [0.5, 0.6) is 5.75 Å². The van der Waals surface area contributed by atoms with Gasteiger partial charge in [-0.3, -0.25) is 14.9 Å². The molecule has 1 rings (SSSR count). The minimum absolute atomic E-state index is 0.497. The SMILES string of the molecule is O=C(Cl)c1cc([N+](=O)[O-])c(OC(F)(F)F)c(I)n1. The van der Waals surface area contributed by atoms with Crippen LogP contribution in [0.3, 0.4) is 0 Å². The van der Waals surface area contributed by atoms with Gasteiger partial charge >= 0.3 is 12.0 Å². The summed E-state index contributed by atoms with van der Waals surface area (Å²) in [4.78, 5) is 23.6. The van der Waals surface area contributed by atoms with Gasteiger partial charge in [-0.25, -0.2) is 4.98 Å². The van der Waals surface area contributed by atoms with E-state index >= 15 is 0 Å². The molecule has 98 valence electrons. The van der Waals surface area contributed by atoms with Crippen molar-refractivity contribution in [2.24, 2.45) is 0 Å². The Hall–Kier alpha value is -1.17. The second kappa shape index (κ2) is 5.22. The van der Waals surface area contributed by atoms with Gasteiger partial charge in [0.1, 0.15) is 5.69 Å². The summed E-state index contributed by atoms with van der Waals surface area (Å²) in [6.07, 6.45) is -5.11. The molecular formula is C7HClF3IN2O4. The van der Waals surface area contributed by atoms with Gasteiger partial charge in [-0.05, 0) is 34.2 Å². The van der Waals surface area contributed by atoms with E-state index < -0.39 is 37.4 Å². The lowest BCUT2D eigenvalue weighted by Crippen LogP contribution is -2.19. The lowest BCUT2D eigenvalue weighted by molar-refractivity contribution is -0.388. The van der Waals surface area contributed by atoms with Gasteiger partial charge in [0, 0.05) is 0 Å². The van der Waals surface area contributed by atoms with Gasteiger partial charge in [-0.15, -0.1) is 13.2 Å². The summed E-state index contributed by atoms with van der Waals surface area (Å²) in [6, 6.07) is 0.512. The Morgan fingerprint density at radius 3 is 2.50 bits per heavy atom. The molecule has 0 aliphatic carbocycles. The Kier molecular flexibility index (Phi) is 4.32. The van der Waals surface area contributed by atoms with Crippen LogP contribution in [-0.4, -0.2) is 21.5 Å². The summed E-state index contributed by atoms with van der Waals surface area (Å²) in [6.45, 7) is 0. The van der Waals surface area contributed by atoms with E-state index in [4.69, 9.17) is 11.6 Å². The molecule has 0 unspecified atom stereocenters. The molecule has 0 aromatic carbocycles. The second-order valence-corrected chi connectivity index (χ2v) is 4.09. The van der Waals surface area contributed by atoms with Crippen LogP contribution >= 0.6 is 34.2 Å². The number of halogens is 5. The number of hydrogen-bond acceptors (Lipinski definition) is 5. The minimum atomic E-state index is -5.11. The third-order valence-corrected chi connectivity index (χ3v) is 2.45. The van der Waals surface area contributed by atoms with Gasteiger partial charge in [0.25, 0.3) is 5.24 Å². The fraction of sp³-hybridized carbons (Fsp3) is 0.143. The summed E-state index contributed by atoms with van der Waals surface area (Å²) < 4.78 is 39.2. The molecule has 0 amide bonds. The van der Waals surface area contributed by atoms with E-state index in [0.29, 0.717) is 6.07 Å². The van der Waals surface area contributed by atoms with Gasteiger partial charge in [0.2, 0.25) is 5.75 Å². The van der Waals surface area contributed by atoms with Crippen molar-refractivity contribution in [2.45, 2.75) is 6.36 Å². The van der Waals surface area contributed by atoms with Crippen molar-refractivity contribution in [1.29, 1.82) is 0 Å². The van der Waals surface area contributed by atoms with Gasteiger partial charge in [-0.2, -0.15) is 0 Å². The quantitative estimate of drug-likeness (QED) is 0.258. The summed E-state index contributed by atoms with van der Waals surface area (Å²) in [7, 11) is 0. The van der Waals surface area contributed by atoms with Crippen LogP contribution in [0.1, 0.15) is 10.5 Å². The number of rotatable bonds is 3. The fourth-order valence-electron chi connectivity index (χ4n) is 0.936. The molecule has 1 aromatic rings. The lowest BCUT2D eigenvalue weighted by atomic mass is 10.3. The highest BCUT2D eigenvalue weighted by Crippen LogP contribution is 2.35. The third-order valence-electron chi connectivity index (χ3n) is 1.53. The molecule has 0 aliphatic rings. The fourth-order valence-corrected chi connectivity index (χ4v) is 1.68. The zero-order chi connectivity index (χ0) is 14.1. The molecule has 0 aliphatic heterocycles. The van der Waals surface area contributed by atoms with E-state index in [1.807, 2.05) is 0 Å². The Morgan fingerprint density at radius 1 is 1.56 bits per heavy atom. The minimum Gasteiger partial charge on any atom is -0.396 e.